The van der Waals surface area contributed by atoms with Gasteiger partial charge >= 0.3 is 0 Å². The lowest BCUT2D eigenvalue weighted by Gasteiger charge is -2.27. The third-order valence-corrected chi connectivity index (χ3v) is 2.21. The number of hydrogen-bond donors (Lipinski definition) is 0. The number of nitrogens with zero attached hydrogens (tertiary/aromatic N) is 2. The first-order chi connectivity index (χ1) is 5.29. The van der Waals surface area contributed by atoms with E-state index in [-0.39, 0.29) is 6.04 Å². The van der Waals surface area contributed by atoms with Crippen LogP contribution in [0.2, 0.25) is 0 Å². The van der Waals surface area contributed by atoms with Crippen molar-refractivity contribution >= 4 is 0 Å². The molecule has 1 aliphatic heterocycles. The highest BCUT2D eigenvalue weighted by molar-refractivity contribution is 5.21. The van der Waals surface area contributed by atoms with Gasteiger partial charge in [-0.15, -0.1) is 0 Å². The molecule has 60 valence electrons. The molecular formula is C9H14N2. The Balaban J connectivity index is 2.76. The van der Waals surface area contributed by atoms with E-state index in [2.05, 4.69) is 24.0 Å². The zero-order chi connectivity index (χ0) is 8.27. The van der Waals surface area contributed by atoms with Crippen molar-refractivity contribution in [3.8, 4) is 6.07 Å². The van der Waals surface area contributed by atoms with E-state index in [1.54, 1.807) is 0 Å². The molecule has 0 amide bonds. The average Bonchev–Trinajstić information content (AvgIpc) is 2.04. The van der Waals surface area contributed by atoms with Gasteiger partial charge in [-0.3, -0.25) is 4.90 Å². The van der Waals surface area contributed by atoms with Crippen molar-refractivity contribution in [3.05, 3.63) is 11.6 Å². The Hall–Kier alpha value is -0.810. The molecule has 0 aromatic carbocycles. The van der Waals surface area contributed by atoms with Crippen LogP contribution in [0.5, 0.6) is 0 Å². The SMILES string of the molecule is CCC1=CCCN(C)C1C#N. The second-order valence-corrected chi connectivity index (χ2v) is 2.93. The van der Waals surface area contributed by atoms with Gasteiger partial charge in [-0.2, -0.15) is 5.26 Å². The summed E-state index contributed by atoms with van der Waals surface area (Å²) >= 11 is 0. The van der Waals surface area contributed by atoms with Gasteiger partial charge in [0.05, 0.1) is 6.07 Å². The van der Waals surface area contributed by atoms with E-state index >= 15 is 0 Å². The molecule has 1 atom stereocenters. The van der Waals surface area contributed by atoms with Gasteiger partial charge in [-0.05, 0) is 25.5 Å². The maximum absolute atomic E-state index is 8.83. The lowest BCUT2D eigenvalue weighted by Crippen LogP contribution is -2.35. The first-order valence-electron chi connectivity index (χ1n) is 4.08. The summed E-state index contributed by atoms with van der Waals surface area (Å²) in [4.78, 5) is 2.11. The van der Waals surface area contributed by atoms with Crippen LogP contribution in [0, 0.1) is 11.3 Å². The lowest BCUT2D eigenvalue weighted by molar-refractivity contribution is 0.302. The molecule has 0 radical (unpaired) electrons. The summed E-state index contributed by atoms with van der Waals surface area (Å²) < 4.78 is 0. The molecule has 2 heteroatoms. The van der Waals surface area contributed by atoms with Crippen LogP contribution in [0.4, 0.5) is 0 Å². The number of hydrogen-bond acceptors (Lipinski definition) is 2. The zero-order valence-electron chi connectivity index (χ0n) is 7.17. The van der Waals surface area contributed by atoms with Crippen LogP contribution in [0.15, 0.2) is 11.6 Å². The molecule has 0 N–H and O–H groups in total. The first-order valence-corrected chi connectivity index (χ1v) is 4.08. The summed E-state index contributed by atoms with van der Waals surface area (Å²) in [7, 11) is 2.01. The van der Waals surface area contributed by atoms with E-state index in [4.69, 9.17) is 5.26 Å². The maximum Gasteiger partial charge on any atom is 0.119 e. The highest BCUT2D eigenvalue weighted by Crippen LogP contribution is 2.17. The van der Waals surface area contributed by atoms with Crippen LogP contribution in [-0.4, -0.2) is 24.5 Å². The molecule has 0 spiro atoms. The van der Waals surface area contributed by atoms with Gasteiger partial charge < -0.3 is 0 Å². The molecule has 1 aliphatic rings. The Labute approximate surface area is 68.1 Å². The Morgan fingerprint density at radius 1 is 1.82 bits per heavy atom. The van der Waals surface area contributed by atoms with Crippen LogP contribution in [0.25, 0.3) is 0 Å². The van der Waals surface area contributed by atoms with E-state index in [1.165, 1.54) is 5.57 Å². The molecule has 1 heterocycles. The van der Waals surface area contributed by atoms with Gasteiger partial charge in [-0.1, -0.05) is 13.0 Å². The first kappa shape index (κ1) is 8.29. The Morgan fingerprint density at radius 2 is 2.55 bits per heavy atom. The molecule has 0 saturated carbocycles. The van der Waals surface area contributed by atoms with Crippen molar-refractivity contribution < 1.29 is 0 Å². The largest absolute Gasteiger partial charge is 0.287 e. The Bertz CT molecular complexity index is 200. The monoisotopic (exact) mass is 150 g/mol. The molecule has 0 fully saturated rings. The minimum absolute atomic E-state index is 0.0359. The van der Waals surface area contributed by atoms with Crippen molar-refractivity contribution in [1.82, 2.24) is 4.90 Å². The lowest BCUT2D eigenvalue weighted by atomic mass is 9.99. The molecule has 0 aliphatic carbocycles. The molecule has 0 aromatic heterocycles. The van der Waals surface area contributed by atoms with Crippen molar-refractivity contribution in [1.29, 1.82) is 5.26 Å². The standard InChI is InChI=1S/C9H14N2/c1-3-8-5-4-6-11(2)9(8)7-10/h5,9H,3-4,6H2,1-2H3. The van der Waals surface area contributed by atoms with Gasteiger partial charge in [-0.25, -0.2) is 0 Å². The predicted octanol–water partition coefficient (Wildman–Crippen LogP) is 1.55. The summed E-state index contributed by atoms with van der Waals surface area (Å²) in [5.74, 6) is 0. The normalized spacial score (nSPS) is 25.9. The quantitative estimate of drug-likeness (QED) is 0.530. The zero-order valence-corrected chi connectivity index (χ0v) is 7.17. The number of likely N-dealkylation sites (N-methyl/N-ethyl adjacent to an activating group) is 1. The van der Waals surface area contributed by atoms with Crippen LogP contribution < -0.4 is 0 Å². The summed E-state index contributed by atoms with van der Waals surface area (Å²) in [5.41, 5.74) is 1.28. The van der Waals surface area contributed by atoms with Gasteiger partial charge in [0.1, 0.15) is 6.04 Å². The fraction of sp³-hybridized carbons (Fsp3) is 0.667. The van der Waals surface area contributed by atoms with Crippen LogP contribution in [0.1, 0.15) is 19.8 Å². The summed E-state index contributed by atoms with van der Waals surface area (Å²) in [5, 5.41) is 8.83. The van der Waals surface area contributed by atoms with E-state index in [1.807, 2.05) is 7.05 Å². The van der Waals surface area contributed by atoms with E-state index in [0.29, 0.717) is 0 Å². The summed E-state index contributed by atoms with van der Waals surface area (Å²) in [6, 6.07) is 2.35. The molecule has 11 heavy (non-hydrogen) atoms. The van der Waals surface area contributed by atoms with E-state index in [0.717, 1.165) is 19.4 Å². The number of nitriles is 1. The average molecular weight is 150 g/mol. The third-order valence-electron chi connectivity index (χ3n) is 2.21. The molecule has 2 nitrogen and oxygen atoms in total. The van der Waals surface area contributed by atoms with Crippen molar-refractivity contribution in [3.63, 3.8) is 0 Å². The van der Waals surface area contributed by atoms with Crippen molar-refractivity contribution in [2.45, 2.75) is 25.8 Å². The highest BCUT2D eigenvalue weighted by Gasteiger charge is 2.19. The Morgan fingerprint density at radius 3 is 3.00 bits per heavy atom. The summed E-state index contributed by atoms with van der Waals surface area (Å²) in [6.45, 7) is 3.12. The van der Waals surface area contributed by atoms with Gasteiger partial charge in [0.2, 0.25) is 0 Å². The molecule has 0 bridgehead atoms. The van der Waals surface area contributed by atoms with Crippen molar-refractivity contribution in [2.24, 2.45) is 0 Å². The number of rotatable bonds is 1. The maximum atomic E-state index is 8.83. The van der Waals surface area contributed by atoms with Crippen molar-refractivity contribution in [2.75, 3.05) is 13.6 Å². The Kier molecular flexibility index (Phi) is 2.67. The molecule has 0 saturated heterocycles. The van der Waals surface area contributed by atoms with Gasteiger partial charge in [0.25, 0.3) is 0 Å². The van der Waals surface area contributed by atoms with Crippen LogP contribution in [-0.2, 0) is 0 Å². The second kappa shape index (κ2) is 3.54. The highest BCUT2D eigenvalue weighted by atomic mass is 15.1. The summed E-state index contributed by atoms with van der Waals surface area (Å²) in [6.07, 6.45) is 4.30. The molecular weight excluding hydrogens is 136 g/mol. The molecule has 0 aromatic rings. The minimum atomic E-state index is 0.0359. The minimum Gasteiger partial charge on any atom is -0.287 e. The third kappa shape index (κ3) is 1.61. The van der Waals surface area contributed by atoms with Gasteiger partial charge in [0.15, 0.2) is 0 Å². The van der Waals surface area contributed by atoms with Gasteiger partial charge in [0, 0.05) is 6.54 Å². The van der Waals surface area contributed by atoms with E-state index < -0.39 is 0 Å². The van der Waals surface area contributed by atoms with Crippen LogP contribution in [0.3, 0.4) is 0 Å². The van der Waals surface area contributed by atoms with E-state index in [9.17, 15) is 0 Å². The second-order valence-electron chi connectivity index (χ2n) is 2.93. The smallest absolute Gasteiger partial charge is 0.119 e. The van der Waals surface area contributed by atoms with Crippen LogP contribution >= 0.6 is 0 Å². The molecule has 1 rings (SSSR count). The molecule has 1 unspecified atom stereocenters. The predicted molar refractivity (Wildman–Crippen MR) is 45.0 cm³/mol. The fourth-order valence-electron chi connectivity index (χ4n) is 1.50. The fourth-order valence-corrected chi connectivity index (χ4v) is 1.50. The topological polar surface area (TPSA) is 27.0 Å².